The Hall–Kier alpha value is -2.47. The lowest BCUT2D eigenvalue weighted by molar-refractivity contribution is -0.0171. The number of nitrogens with zero attached hydrogens (tertiary/aromatic N) is 3. The van der Waals surface area contributed by atoms with Crippen molar-refractivity contribution in [1.82, 2.24) is 14.5 Å². The van der Waals surface area contributed by atoms with Gasteiger partial charge in [-0.2, -0.15) is 4.31 Å². The highest BCUT2D eigenvalue weighted by Gasteiger charge is 2.26. The van der Waals surface area contributed by atoms with Crippen molar-refractivity contribution in [3.05, 3.63) is 53.3 Å². The first kappa shape index (κ1) is 22.3. The minimum atomic E-state index is -3.57. The smallest absolute Gasteiger partial charge is 0.277 e. The van der Waals surface area contributed by atoms with Gasteiger partial charge in [0.1, 0.15) is 11.6 Å². The van der Waals surface area contributed by atoms with Crippen LogP contribution in [-0.2, 0) is 27.1 Å². The van der Waals surface area contributed by atoms with Crippen LogP contribution in [0.5, 0.6) is 5.75 Å². The molecule has 8 nitrogen and oxygen atoms in total. The first-order chi connectivity index (χ1) is 16.0. The number of rotatable bonds is 6. The largest absolute Gasteiger partial charge is 0.467 e. The summed E-state index contributed by atoms with van der Waals surface area (Å²) in [5.41, 5.74) is 1.86. The maximum Gasteiger partial charge on any atom is 0.277 e. The molecule has 0 amide bonds. The number of benzene rings is 2. The van der Waals surface area contributed by atoms with E-state index < -0.39 is 10.0 Å². The van der Waals surface area contributed by atoms with Crippen LogP contribution in [0.3, 0.4) is 0 Å². The third-order valence-corrected chi connectivity index (χ3v) is 8.31. The van der Waals surface area contributed by atoms with Crippen molar-refractivity contribution in [1.29, 1.82) is 0 Å². The number of aromatic nitrogens is 2. The molecule has 0 bridgehead atoms. The summed E-state index contributed by atoms with van der Waals surface area (Å²) in [5, 5.41) is 8.41. The van der Waals surface area contributed by atoms with Gasteiger partial charge in [-0.25, -0.2) is 12.8 Å². The van der Waals surface area contributed by atoms with E-state index in [-0.39, 0.29) is 23.4 Å². The number of hydrogen-bond acceptors (Lipinski definition) is 8. The molecule has 2 aliphatic rings. The minimum Gasteiger partial charge on any atom is -0.467 e. The van der Waals surface area contributed by atoms with Crippen molar-refractivity contribution in [3.8, 4) is 17.2 Å². The number of fused-ring (bicyclic) bond motifs is 1. The third kappa shape index (κ3) is 4.77. The van der Waals surface area contributed by atoms with Crippen LogP contribution in [0.25, 0.3) is 11.5 Å². The van der Waals surface area contributed by atoms with Crippen LogP contribution in [0.4, 0.5) is 4.39 Å². The maximum absolute atomic E-state index is 14.0. The standard InChI is InChI=1S/C22H22FN3O5S2/c23-18-9-16-12-29-14-30-20(16)17(10-18)13-32-22-25-24-21(31-22)15-5-4-6-19(11-15)33(27,28)26-7-2-1-3-8-26/h4-6,9-11H,1-3,7-8,12-14H2. The van der Waals surface area contributed by atoms with Gasteiger partial charge >= 0.3 is 0 Å². The van der Waals surface area contributed by atoms with Crippen LogP contribution < -0.4 is 4.74 Å². The predicted octanol–water partition coefficient (Wildman–Crippen LogP) is 4.21. The predicted molar refractivity (Wildman–Crippen MR) is 119 cm³/mol. The first-order valence-corrected chi connectivity index (χ1v) is 13.0. The van der Waals surface area contributed by atoms with Crippen molar-refractivity contribution in [2.45, 2.75) is 41.7 Å². The van der Waals surface area contributed by atoms with E-state index in [4.69, 9.17) is 13.9 Å². The number of sulfonamides is 1. The van der Waals surface area contributed by atoms with Crippen molar-refractivity contribution in [2.24, 2.45) is 0 Å². The molecular weight excluding hydrogens is 469 g/mol. The Balaban J connectivity index is 1.33. The summed E-state index contributed by atoms with van der Waals surface area (Å²) in [5.74, 6) is 0.839. The molecule has 0 atom stereocenters. The van der Waals surface area contributed by atoms with Gasteiger partial charge in [0.05, 0.1) is 11.5 Å². The van der Waals surface area contributed by atoms with Crippen LogP contribution in [0.15, 0.2) is 50.9 Å². The fourth-order valence-corrected chi connectivity index (χ4v) is 6.23. The van der Waals surface area contributed by atoms with Gasteiger partial charge in [0, 0.05) is 35.5 Å². The lowest BCUT2D eigenvalue weighted by Gasteiger charge is -2.25. The number of ether oxygens (including phenoxy) is 2. The number of hydrogen-bond donors (Lipinski definition) is 0. The second-order valence-corrected chi connectivity index (χ2v) is 10.7. The third-order valence-electron chi connectivity index (χ3n) is 5.54. The number of thioether (sulfide) groups is 1. The normalized spacial score (nSPS) is 16.9. The topological polar surface area (TPSA) is 94.8 Å². The van der Waals surface area contributed by atoms with E-state index in [1.807, 2.05) is 0 Å². The summed E-state index contributed by atoms with van der Waals surface area (Å²) in [6.45, 7) is 1.49. The summed E-state index contributed by atoms with van der Waals surface area (Å²) >= 11 is 1.25. The Morgan fingerprint density at radius 2 is 1.94 bits per heavy atom. The highest BCUT2D eigenvalue weighted by Crippen LogP contribution is 2.34. The monoisotopic (exact) mass is 491 g/mol. The fourth-order valence-electron chi connectivity index (χ4n) is 3.93. The van der Waals surface area contributed by atoms with Gasteiger partial charge in [0.2, 0.25) is 15.9 Å². The van der Waals surface area contributed by atoms with Gasteiger partial charge in [-0.05, 0) is 43.2 Å². The summed E-state index contributed by atoms with van der Waals surface area (Å²) < 4.78 is 57.9. The number of halogens is 1. The Bertz CT molecular complexity index is 1260. The van der Waals surface area contributed by atoms with Crippen LogP contribution in [-0.4, -0.2) is 42.8 Å². The Morgan fingerprint density at radius 1 is 1.09 bits per heavy atom. The van der Waals surface area contributed by atoms with Crippen molar-refractivity contribution in [3.63, 3.8) is 0 Å². The molecule has 1 saturated heterocycles. The van der Waals surface area contributed by atoms with Gasteiger partial charge in [-0.1, -0.05) is 24.2 Å². The van der Waals surface area contributed by atoms with Crippen molar-refractivity contribution in [2.75, 3.05) is 19.9 Å². The molecule has 0 unspecified atom stereocenters. The van der Waals surface area contributed by atoms with E-state index in [0.717, 1.165) is 19.3 Å². The van der Waals surface area contributed by atoms with Gasteiger partial charge in [0.25, 0.3) is 5.22 Å². The summed E-state index contributed by atoms with van der Waals surface area (Å²) in [4.78, 5) is 0.208. The molecule has 2 aromatic carbocycles. The molecule has 33 heavy (non-hydrogen) atoms. The van der Waals surface area contributed by atoms with Crippen LogP contribution >= 0.6 is 11.8 Å². The van der Waals surface area contributed by atoms with E-state index in [2.05, 4.69) is 10.2 Å². The molecule has 0 radical (unpaired) electrons. The first-order valence-electron chi connectivity index (χ1n) is 10.6. The highest BCUT2D eigenvalue weighted by atomic mass is 32.2. The molecule has 5 rings (SSSR count). The second-order valence-electron chi connectivity index (χ2n) is 7.82. The zero-order valence-corrected chi connectivity index (χ0v) is 19.3. The summed E-state index contributed by atoms with van der Waals surface area (Å²) in [6.07, 6.45) is 2.79. The Labute approximate surface area is 195 Å². The van der Waals surface area contributed by atoms with Crippen LogP contribution in [0.2, 0.25) is 0 Å². The average Bonchev–Trinajstić information content (AvgIpc) is 3.32. The molecule has 1 fully saturated rings. The Morgan fingerprint density at radius 3 is 2.79 bits per heavy atom. The summed E-state index contributed by atoms with van der Waals surface area (Å²) in [7, 11) is -3.57. The maximum atomic E-state index is 14.0. The lowest BCUT2D eigenvalue weighted by Crippen LogP contribution is -2.35. The quantitative estimate of drug-likeness (QED) is 0.474. The zero-order chi connectivity index (χ0) is 22.8. The number of piperidine rings is 1. The van der Waals surface area contributed by atoms with E-state index in [1.165, 1.54) is 28.2 Å². The highest BCUT2D eigenvalue weighted by molar-refractivity contribution is 7.98. The molecule has 0 N–H and O–H groups in total. The van der Waals surface area contributed by atoms with Gasteiger partial charge in [0.15, 0.2) is 6.79 Å². The fraction of sp³-hybridized carbons (Fsp3) is 0.364. The molecule has 11 heteroatoms. The van der Waals surface area contributed by atoms with E-state index in [1.54, 1.807) is 24.3 Å². The molecule has 2 aliphatic heterocycles. The second kappa shape index (κ2) is 9.41. The molecule has 3 aromatic rings. The molecular formula is C22H22FN3O5S2. The molecule has 0 aliphatic carbocycles. The van der Waals surface area contributed by atoms with Gasteiger partial charge in [-0.3, -0.25) is 0 Å². The average molecular weight is 492 g/mol. The Kier molecular flexibility index (Phi) is 6.37. The van der Waals surface area contributed by atoms with Gasteiger partial charge < -0.3 is 13.9 Å². The van der Waals surface area contributed by atoms with Gasteiger partial charge in [-0.15, -0.1) is 10.2 Å². The lowest BCUT2D eigenvalue weighted by atomic mass is 10.1. The molecule has 3 heterocycles. The summed E-state index contributed by atoms with van der Waals surface area (Å²) in [6, 6.07) is 9.36. The van der Waals surface area contributed by atoms with Crippen LogP contribution in [0, 0.1) is 5.82 Å². The molecule has 0 saturated carbocycles. The van der Waals surface area contributed by atoms with E-state index in [0.29, 0.717) is 53.1 Å². The van der Waals surface area contributed by atoms with Crippen molar-refractivity contribution >= 4 is 21.8 Å². The molecule has 174 valence electrons. The zero-order valence-electron chi connectivity index (χ0n) is 17.7. The molecule has 0 spiro atoms. The SMILES string of the molecule is O=S(=O)(c1cccc(-c2nnc(SCc3cc(F)cc4c3OCOC4)o2)c1)N1CCCCC1. The van der Waals surface area contributed by atoms with E-state index >= 15 is 0 Å². The molecule has 1 aromatic heterocycles. The van der Waals surface area contributed by atoms with E-state index in [9.17, 15) is 12.8 Å². The van der Waals surface area contributed by atoms with Crippen LogP contribution in [0.1, 0.15) is 30.4 Å². The van der Waals surface area contributed by atoms with Crippen molar-refractivity contribution < 1.29 is 26.7 Å². The minimum absolute atomic E-state index is 0.123.